The molecule has 4 rings (SSSR count). The smallest absolute Gasteiger partial charge is 0.191 e. The van der Waals surface area contributed by atoms with Crippen molar-refractivity contribution >= 4 is 22.4 Å². The van der Waals surface area contributed by atoms with Gasteiger partial charge in [0.2, 0.25) is 0 Å². The molecular weight excluding hydrogens is 385 g/mol. The average Bonchev–Trinajstić information content (AvgIpc) is 3.10. The number of anilines is 1. The van der Waals surface area contributed by atoms with Gasteiger partial charge in [0.1, 0.15) is 5.82 Å². The lowest BCUT2D eigenvalue weighted by atomic mass is 9.96. The molecule has 1 saturated carbocycles. The minimum Gasteiger partial charge on any atom is -0.357 e. The maximum Gasteiger partial charge on any atom is 0.191 e. The van der Waals surface area contributed by atoms with Crippen LogP contribution in [0, 0.1) is 5.82 Å². The Hall–Kier alpha value is -2.15. The van der Waals surface area contributed by atoms with Crippen LogP contribution in [-0.4, -0.2) is 43.7 Å². The minimum atomic E-state index is -0.167. The van der Waals surface area contributed by atoms with Gasteiger partial charge in [-0.2, -0.15) is 0 Å². The van der Waals surface area contributed by atoms with Gasteiger partial charge in [0.05, 0.1) is 12.2 Å². The Labute approximate surface area is 176 Å². The van der Waals surface area contributed by atoms with Gasteiger partial charge in [-0.15, -0.1) is 11.3 Å². The fourth-order valence-corrected chi connectivity index (χ4v) is 4.77. The topological polar surface area (TPSA) is 52.6 Å². The third-order valence-corrected chi connectivity index (χ3v) is 6.71. The van der Waals surface area contributed by atoms with Gasteiger partial charge < -0.3 is 15.5 Å². The van der Waals surface area contributed by atoms with Gasteiger partial charge in [-0.05, 0) is 50.3 Å². The van der Waals surface area contributed by atoms with E-state index in [1.165, 1.54) is 18.9 Å². The van der Waals surface area contributed by atoms with Crippen molar-refractivity contribution in [1.82, 2.24) is 15.6 Å². The molecule has 7 heteroatoms. The van der Waals surface area contributed by atoms with Crippen LogP contribution < -0.4 is 15.5 Å². The zero-order valence-electron chi connectivity index (χ0n) is 17.1. The molecule has 1 aliphatic carbocycles. The second-order valence-corrected chi connectivity index (χ2v) is 8.81. The van der Waals surface area contributed by atoms with Crippen LogP contribution in [0.2, 0.25) is 0 Å². The molecule has 2 fully saturated rings. The van der Waals surface area contributed by atoms with Crippen LogP contribution in [-0.2, 0) is 11.8 Å². The lowest BCUT2D eigenvalue weighted by molar-refractivity contribution is 0.615. The highest BCUT2D eigenvalue weighted by atomic mass is 32.1. The van der Waals surface area contributed by atoms with Crippen molar-refractivity contribution in [2.45, 2.75) is 44.4 Å². The fraction of sp³-hybridized carbons (Fsp3) is 0.545. The minimum absolute atomic E-state index is 0.00396. The van der Waals surface area contributed by atoms with Crippen molar-refractivity contribution < 1.29 is 4.39 Å². The average molecular weight is 416 g/mol. The lowest BCUT2D eigenvalue weighted by Crippen LogP contribution is -2.39. The number of guanidine groups is 1. The Bertz CT molecular complexity index is 839. The van der Waals surface area contributed by atoms with Crippen LogP contribution in [0.5, 0.6) is 0 Å². The number of aromatic nitrogens is 1. The van der Waals surface area contributed by atoms with E-state index in [4.69, 9.17) is 9.98 Å². The van der Waals surface area contributed by atoms with E-state index < -0.39 is 0 Å². The molecule has 0 amide bonds. The van der Waals surface area contributed by atoms with Crippen LogP contribution in [0.4, 0.5) is 9.52 Å². The molecule has 1 saturated heterocycles. The Kier molecular flexibility index (Phi) is 6.33. The summed E-state index contributed by atoms with van der Waals surface area (Å²) in [5.74, 6) is 0.657. The summed E-state index contributed by atoms with van der Waals surface area (Å²) < 4.78 is 13.6. The molecule has 0 radical (unpaired) electrons. The summed E-state index contributed by atoms with van der Waals surface area (Å²) in [5, 5.41) is 10.1. The summed E-state index contributed by atoms with van der Waals surface area (Å²) in [6, 6.07) is 6.97. The number of halogens is 1. The van der Waals surface area contributed by atoms with Gasteiger partial charge in [-0.1, -0.05) is 12.1 Å². The molecule has 2 aromatic rings. The lowest BCUT2D eigenvalue weighted by Gasteiger charge is -2.16. The molecule has 2 heterocycles. The molecular formula is C22H30FN5S. The highest BCUT2D eigenvalue weighted by Gasteiger charge is 2.44. The van der Waals surface area contributed by atoms with E-state index >= 15 is 0 Å². The molecule has 2 N–H and O–H groups in total. The van der Waals surface area contributed by atoms with E-state index in [0.717, 1.165) is 67.8 Å². The summed E-state index contributed by atoms with van der Waals surface area (Å²) in [6.07, 6.45) is 5.56. The molecule has 156 valence electrons. The quantitative estimate of drug-likeness (QED) is 0.510. The first kappa shape index (κ1) is 20.1. The normalized spacial score (nSPS) is 18.1. The van der Waals surface area contributed by atoms with Crippen molar-refractivity contribution in [2.24, 2.45) is 4.99 Å². The largest absolute Gasteiger partial charge is 0.357 e. The van der Waals surface area contributed by atoms with Gasteiger partial charge in [0.25, 0.3) is 0 Å². The summed E-state index contributed by atoms with van der Waals surface area (Å²) in [7, 11) is 0. The Morgan fingerprint density at radius 1 is 1.28 bits per heavy atom. The second-order valence-electron chi connectivity index (χ2n) is 7.98. The monoisotopic (exact) mass is 415 g/mol. The van der Waals surface area contributed by atoms with Gasteiger partial charge in [0, 0.05) is 43.4 Å². The molecule has 0 unspecified atom stereocenters. The number of benzene rings is 1. The number of thiazole rings is 1. The predicted octanol–water partition coefficient (Wildman–Crippen LogP) is 3.71. The van der Waals surface area contributed by atoms with Crippen LogP contribution in [0.1, 0.15) is 43.9 Å². The molecule has 2 aliphatic rings. The molecule has 1 aromatic heterocycles. The van der Waals surface area contributed by atoms with Crippen molar-refractivity contribution in [2.75, 3.05) is 37.6 Å². The summed E-state index contributed by atoms with van der Waals surface area (Å²) in [6.45, 7) is 6.63. The van der Waals surface area contributed by atoms with Crippen molar-refractivity contribution in [1.29, 1.82) is 0 Å². The SMILES string of the molecule is CCNC(=NCC1(c2cccc(F)c2)CC1)NCCc1csc(N2CCCC2)n1. The predicted molar refractivity (Wildman–Crippen MR) is 119 cm³/mol. The first-order valence-corrected chi connectivity index (χ1v) is 11.5. The number of nitrogens with zero attached hydrogens (tertiary/aromatic N) is 3. The van der Waals surface area contributed by atoms with E-state index in [-0.39, 0.29) is 11.2 Å². The molecule has 1 aliphatic heterocycles. The molecule has 29 heavy (non-hydrogen) atoms. The third kappa shape index (κ3) is 5.07. The van der Waals surface area contributed by atoms with Gasteiger partial charge in [0.15, 0.2) is 11.1 Å². The number of rotatable bonds is 8. The van der Waals surface area contributed by atoms with Gasteiger partial charge in [-0.25, -0.2) is 9.37 Å². The zero-order valence-corrected chi connectivity index (χ0v) is 17.9. The Balaban J connectivity index is 1.31. The maximum absolute atomic E-state index is 13.6. The van der Waals surface area contributed by atoms with Gasteiger partial charge in [-0.3, -0.25) is 4.99 Å². The summed E-state index contributed by atoms with van der Waals surface area (Å²) >= 11 is 1.75. The van der Waals surface area contributed by atoms with E-state index in [1.54, 1.807) is 23.5 Å². The number of aliphatic imine (C=N–C) groups is 1. The van der Waals surface area contributed by atoms with Crippen LogP contribution in [0.3, 0.4) is 0 Å². The summed E-state index contributed by atoms with van der Waals surface area (Å²) in [5.41, 5.74) is 2.21. The van der Waals surface area contributed by atoms with Crippen molar-refractivity contribution in [3.05, 3.63) is 46.7 Å². The van der Waals surface area contributed by atoms with Crippen LogP contribution in [0.15, 0.2) is 34.6 Å². The molecule has 0 bridgehead atoms. The standard InChI is InChI=1S/C22H30FN5S/c1-2-24-20(26-16-22(9-10-22)17-6-5-7-18(23)14-17)25-11-8-19-15-29-21(27-19)28-12-3-4-13-28/h5-7,14-15H,2-4,8-13,16H2,1H3,(H2,24,25,26). The van der Waals surface area contributed by atoms with E-state index in [0.29, 0.717) is 6.54 Å². The number of hydrogen-bond acceptors (Lipinski definition) is 4. The van der Waals surface area contributed by atoms with E-state index in [1.807, 2.05) is 6.07 Å². The Morgan fingerprint density at radius 3 is 2.83 bits per heavy atom. The van der Waals surface area contributed by atoms with Crippen molar-refractivity contribution in [3.8, 4) is 0 Å². The number of nitrogens with one attached hydrogen (secondary N) is 2. The highest BCUT2D eigenvalue weighted by molar-refractivity contribution is 7.13. The third-order valence-electron chi connectivity index (χ3n) is 5.76. The van der Waals surface area contributed by atoms with E-state index in [9.17, 15) is 4.39 Å². The van der Waals surface area contributed by atoms with Gasteiger partial charge >= 0.3 is 0 Å². The summed E-state index contributed by atoms with van der Waals surface area (Å²) in [4.78, 5) is 12.0. The molecule has 0 atom stereocenters. The molecule has 0 spiro atoms. The zero-order chi connectivity index (χ0) is 20.1. The molecule has 5 nitrogen and oxygen atoms in total. The van der Waals surface area contributed by atoms with Crippen LogP contribution >= 0.6 is 11.3 Å². The highest BCUT2D eigenvalue weighted by Crippen LogP contribution is 2.48. The van der Waals surface area contributed by atoms with Crippen LogP contribution in [0.25, 0.3) is 0 Å². The fourth-order valence-electron chi connectivity index (χ4n) is 3.85. The van der Waals surface area contributed by atoms with E-state index in [2.05, 4.69) is 27.8 Å². The van der Waals surface area contributed by atoms with Crippen molar-refractivity contribution in [3.63, 3.8) is 0 Å². The molecule has 1 aromatic carbocycles. The Morgan fingerprint density at radius 2 is 2.10 bits per heavy atom. The maximum atomic E-state index is 13.6. The number of hydrogen-bond donors (Lipinski definition) is 2. The first-order chi connectivity index (χ1) is 14.2. The second kappa shape index (κ2) is 9.11. The first-order valence-electron chi connectivity index (χ1n) is 10.7.